The maximum Gasteiger partial charge on any atom is 0.00533 e. The van der Waals surface area contributed by atoms with Gasteiger partial charge in [0.15, 0.2) is 0 Å². The van der Waals surface area contributed by atoms with Gasteiger partial charge in [-0.3, -0.25) is 0 Å². The number of likely N-dealkylation sites (tertiary alicyclic amines) is 1. The van der Waals surface area contributed by atoms with Gasteiger partial charge in [0.25, 0.3) is 0 Å². The van der Waals surface area contributed by atoms with E-state index in [0.29, 0.717) is 0 Å². The van der Waals surface area contributed by atoms with Crippen LogP contribution in [-0.2, 0) is 0 Å². The topological polar surface area (TPSA) is 15.3 Å². The number of rotatable bonds is 0. The molecule has 1 aliphatic carbocycles. The Bertz CT molecular complexity index is 200. The van der Waals surface area contributed by atoms with Gasteiger partial charge in [0.1, 0.15) is 0 Å². The lowest BCUT2D eigenvalue weighted by Gasteiger charge is -2.66. The first-order chi connectivity index (χ1) is 5.77. The van der Waals surface area contributed by atoms with E-state index < -0.39 is 0 Å². The SMILES string of the molecule is CN1CC2(CCC23CCNC3)C1. The van der Waals surface area contributed by atoms with Gasteiger partial charge in [-0.15, -0.1) is 0 Å². The maximum atomic E-state index is 3.53. The van der Waals surface area contributed by atoms with Gasteiger partial charge in [-0.05, 0) is 38.3 Å². The summed E-state index contributed by atoms with van der Waals surface area (Å²) < 4.78 is 0. The monoisotopic (exact) mass is 166 g/mol. The second-order valence-electron chi connectivity index (χ2n) is 5.16. The third-order valence-electron chi connectivity index (χ3n) is 4.60. The molecule has 3 fully saturated rings. The van der Waals surface area contributed by atoms with Gasteiger partial charge < -0.3 is 10.2 Å². The van der Waals surface area contributed by atoms with E-state index in [1.807, 2.05) is 0 Å². The Balaban J connectivity index is 1.80. The lowest BCUT2D eigenvalue weighted by Crippen LogP contribution is -2.69. The molecule has 2 heterocycles. The molecule has 0 aromatic carbocycles. The highest BCUT2D eigenvalue weighted by Crippen LogP contribution is 2.63. The molecule has 2 aliphatic heterocycles. The fourth-order valence-electron chi connectivity index (χ4n) is 3.72. The van der Waals surface area contributed by atoms with Crippen LogP contribution in [0.25, 0.3) is 0 Å². The predicted molar refractivity (Wildman–Crippen MR) is 49.1 cm³/mol. The van der Waals surface area contributed by atoms with Gasteiger partial charge in [-0.2, -0.15) is 0 Å². The Hall–Kier alpha value is -0.0800. The fourth-order valence-corrected chi connectivity index (χ4v) is 3.72. The van der Waals surface area contributed by atoms with E-state index in [1.54, 1.807) is 0 Å². The molecule has 1 unspecified atom stereocenters. The minimum atomic E-state index is 0.736. The van der Waals surface area contributed by atoms with Crippen molar-refractivity contribution in [3.63, 3.8) is 0 Å². The van der Waals surface area contributed by atoms with Crippen LogP contribution in [0.15, 0.2) is 0 Å². The van der Waals surface area contributed by atoms with E-state index in [-0.39, 0.29) is 0 Å². The van der Waals surface area contributed by atoms with E-state index in [4.69, 9.17) is 0 Å². The molecule has 12 heavy (non-hydrogen) atoms. The molecule has 2 saturated heterocycles. The molecular formula is C10H18N2. The molecule has 1 atom stereocenters. The lowest BCUT2D eigenvalue weighted by atomic mass is 9.46. The Morgan fingerprint density at radius 1 is 1.08 bits per heavy atom. The lowest BCUT2D eigenvalue weighted by molar-refractivity contribution is -0.162. The van der Waals surface area contributed by atoms with Crippen molar-refractivity contribution < 1.29 is 0 Å². The second-order valence-corrected chi connectivity index (χ2v) is 5.16. The highest BCUT2D eigenvalue weighted by Gasteiger charge is 2.63. The predicted octanol–water partition coefficient (Wildman–Crippen LogP) is 0.692. The Labute approximate surface area is 74.3 Å². The van der Waals surface area contributed by atoms with Crippen LogP contribution < -0.4 is 5.32 Å². The van der Waals surface area contributed by atoms with Crippen LogP contribution in [0.1, 0.15) is 19.3 Å². The first-order valence-electron chi connectivity index (χ1n) is 5.16. The van der Waals surface area contributed by atoms with E-state index in [0.717, 1.165) is 10.8 Å². The third kappa shape index (κ3) is 0.647. The van der Waals surface area contributed by atoms with Crippen molar-refractivity contribution in [3.8, 4) is 0 Å². The molecule has 68 valence electrons. The van der Waals surface area contributed by atoms with Gasteiger partial charge in [0, 0.05) is 25.0 Å². The van der Waals surface area contributed by atoms with Gasteiger partial charge in [-0.1, -0.05) is 0 Å². The molecule has 0 aromatic rings. The number of hydrogen-bond donors (Lipinski definition) is 1. The molecule has 3 aliphatic rings. The van der Waals surface area contributed by atoms with Gasteiger partial charge >= 0.3 is 0 Å². The van der Waals surface area contributed by atoms with E-state index in [2.05, 4.69) is 17.3 Å². The maximum absolute atomic E-state index is 3.53. The highest BCUT2D eigenvalue weighted by molar-refractivity contribution is 5.16. The number of nitrogens with one attached hydrogen (secondary N) is 1. The van der Waals surface area contributed by atoms with Crippen LogP contribution in [0.2, 0.25) is 0 Å². The average Bonchev–Trinajstić information content (AvgIpc) is 2.46. The van der Waals surface area contributed by atoms with Crippen molar-refractivity contribution >= 4 is 0 Å². The molecule has 0 amide bonds. The summed E-state index contributed by atoms with van der Waals surface area (Å²) in [7, 11) is 2.25. The van der Waals surface area contributed by atoms with Crippen LogP contribution >= 0.6 is 0 Å². The molecule has 3 rings (SSSR count). The molecule has 0 radical (unpaired) electrons. The second kappa shape index (κ2) is 2.05. The number of fused-ring (bicyclic) bond motifs is 1. The highest BCUT2D eigenvalue weighted by atomic mass is 15.2. The molecule has 1 saturated carbocycles. The van der Waals surface area contributed by atoms with Crippen LogP contribution in [0, 0.1) is 10.8 Å². The van der Waals surface area contributed by atoms with Gasteiger partial charge in [0.2, 0.25) is 0 Å². The zero-order chi connectivity index (χ0) is 8.23. The molecule has 1 N–H and O–H groups in total. The zero-order valence-corrected chi connectivity index (χ0v) is 7.90. The summed E-state index contributed by atoms with van der Waals surface area (Å²) in [5.74, 6) is 0. The average molecular weight is 166 g/mol. The van der Waals surface area contributed by atoms with Crippen molar-refractivity contribution in [1.82, 2.24) is 10.2 Å². The molecular weight excluding hydrogens is 148 g/mol. The summed E-state index contributed by atoms with van der Waals surface area (Å²) in [5.41, 5.74) is 1.49. The summed E-state index contributed by atoms with van der Waals surface area (Å²) in [6.45, 7) is 5.32. The quantitative estimate of drug-likeness (QED) is 0.569. The van der Waals surface area contributed by atoms with Crippen LogP contribution in [0.4, 0.5) is 0 Å². The summed E-state index contributed by atoms with van der Waals surface area (Å²) >= 11 is 0. The summed E-state index contributed by atoms with van der Waals surface area (Å²) in [6.07, 6.45) is 4.44. The van der Waals surface area contributed by atoms with E-state index in [1.165, 1.54) is 45.4 Å². The van der Waals surface area contributed by atoms with Crippen LogP contribution in [-0.4, -0.2) is 38.1 Å². The summed E-state index contributed by atoms with van der Waals surface area (Å²) in [6, 6.07) is 0. The minimum absolute atomic E-state index is 0.736. The van der Waals surface area contributed by atoms with Crippen LogP contribution in [0.3, 0.4) is 0 Å². The normalized spacial score (nSPS) is 44.8. The first kappa shape index (κ1) is 7.34. The molecule has 0 bridgehead atoms. The largest absolute Gasteiger partial charge is 0.316 e. The standard InChI is InChI=1S/C10H18N2/c1-12-7-10(8-12)3-2-9(10)4-5-11-6-9/h11H,2-8H2,1H3. The molecule has 0 aromatic heterocycles. The number of hydrogen-bond acceptors (Lipinski definition) is 2. The third-order valence-corrected chi connectivity index (χ3v) is 4.60. The van der Waals surface area contributed by atoms with Gasteiger partial charge in [-0.25, -0.2) is 0 Å². The summed E-state index contributed by atoms with van der Waals surface area (Å²) in [4.78, 5) is 2.47. The fraction of sp³-hybridized carbons (Fsp3) is 1.00. The van der Waals surface area contributed by atoms with Crippen molar-refractivity contribution in [1.29, 1.82) is 0 Å². The van der Waals surface area contributed by atoms with Crippen molar-refractivity contribution in [2.24, 2.45) is 10.8 Å². The Morgan fingerprint density at radius 2 is 1.83 bits per heavy atom. The van der Waals surface area contributed by atoms with Crippen LogP contribution in [0.5, 0.6) is 0 Å². The Kier molecular flexibility index (Phi) is 1.25. The first-order valence-corrected chi connectivity index (χ1v) is 5.16. The molecule has 2 heteroatoms. The zero-order valence-electron chi connectivity index (χ0n) is 7.90. The Morgan fingerprint density at radius 3 is 2.25 bits per heavy atom. The smallest absolute Gasteiger partial charge is 0.00533 e. The summed E-state index contributed by atoms with van der Waals surface area (Å²) in [5, 5.41) is 3.53. The van der Waals surface area contributed by atoms with E-state index in [9.17, 15) is 0 Å². The molecule has 2 spiro atoms. The minimum Gasteiger partial charge on any atom is -0.316 e. The molecule has 2 nitrogen and oxygen atoms in total. The number of nitrogens with zero attached hydrogens (tertiary/aromatic N) is 1. The van der Waals surface area contributed by atoms with Gasteiger partial charge in [0.05, 0.1) is 0 Å². The van der Waals surface area contributed by atoms with Crippen molar-refractivity contribution in [2.45, 2.75) is 19.3 Å². The van der Waals surface area contributed by atoms with E-state index >= 15 is 0 Å². The van der Waals surface area contributed by atoms with Crippen molar-refractivity contribution in [3.05, 3.63) is 0 Å². The van der Waals surface area contributed by atoms with Crippen molar-refractivity contribution in [2.75, 3.05) is 33.2 Å².